The Morgan fingerprint density at radius 2 is 2.10 bits per heavy atom. The predicted molar refractivity (Wildman–Crippen MR) is 75.2 cm³/mol. The van der Waals surface area contributed by atoms with Crippen molar-refractivity contribution in [2.75, 3.05) is 12.0 Å². The maximum Gasteiger partial charge on any atom is 0.333 e. The Hall–Kier alpha value is -1.89. The van der Waals surface area contributed by atoms with Crippen molar-refractivity contribution in [2.45, 2.75) is 45.8 Å². The zero-order chi connectivity index (χ0) is 14.5. The van der Waals surface area contributed by atoms with Gasteiger partial charge in [-0.1, -0.05) is 0 Å². The van der Waals surface area contributed by atoms with E-state index in [0.29, 0.717) is 5.95 Å². The maximum absolute atomic E-state index is 11.8. The number of carbonyl (C=O) groups excluding carboxylic acids is 1. The molecule has 1 fully saturated rings. The van der Waals surface area contributed by atoms with Crippen LogP contribution in [0.4, 0.5) is 10.7 Å². The first-order valence-corrected chi connectivity index (χ1v) is 6.81. The van der Waals surface area contributed by atoms with Crippen LogP contribution >= 0.6 is 0 Å². The van der Waals surface area contributed by atoms with Crippen LogP contribution in [0.1, 0.15) is 31.2 Å². The molecule has 2 rings (SSSR count). The molecule has 2 amide bonds. The number of rotatable bonds is 4. The monoisotopic (exact) mass is 279 g/mol. The van der Waals surface area contributed by atoms with Gasteiger partial charge in [0.2, 0.25) is 5.95 Å². The van der Waals surface area contributed by atoms with Crippen LogP contribution in [-0.4, -0.2) is 34.8 Å². The van der Waals surface area contributed by atoms with Crippen molar-refractivity contribution in [1.82, 2.24) is 20.7 Å². The van der Waals surface area contributed by atoms with Gasteiger partial charge in [0.1, 0.15) is 0 Å². The molecule has 1 aromatic heterocycles. The predicted octanol–water partition coefficient (Wildman–Crippen LogP) is 1.29. The second-order valence-electron chi connectivity index (χ2n) is 5.04. The van der Waals surface area contributed by atoms with E-state index in [1.807, 2.05) is 26.8 Å². The van der Waals surface area contributed by atoms with Crippen LogP contribution in [-0.2, 0) is 4.74 Å². The Morgan fingerprint density at radius 1 is 1.40 bits per heavy atom. The summed E-state index contributed by atoms with van der Waals surface area (Å²) in [4.78, 5) is 20.1. The molecule has 7 nitrogen and oxygen atoms in total. The van der Waals surface area contributed by atoms with E-state index in [2.05, 4.69) is 26.1 Å². The molecule has 1 aliphatic rings. The number of hydrazine groups is 1. The third-order valence-electron chi connectivity index (χ3n) is 3.15. The Bertz CT molecular complexity index is 454. The maximum atomic E-state index is 11.8. The highest BCUT2D eigenvalue weighted by Gasteiger charge is 2.23. The van der Waals surface area contributed by atoms with E-state index in [4.69, 9.17) is 4.74 Å². The van der Waals surface area contributed by atoms with Crippen molar-refractivity contribution in [3.63, 3.8) is 0 Å². The molecule has 0 aromatic carbocycles. The Labute approximate surface area is 118 Å². The normalized spacial score (nSPS) is 19.4. The highest BCUT2D eigenvalue weighted by atomic mass is 16.5. The van der Waals surface area contributed by atoms with Crippen molar-refractivity contribution in [3.05, 3.63) is 17.5 Å². The molecule has 1 aromatic rings. The average molecular weight is 279 g/mol. The molecule has 0 saturated carbocycles. The van der Waals surface area contributed by atoms with Crippen LogP contribution in [0.3, 0.4) is 0 Å². The highest BCUT2D eigenvalue weighted by Crippen LogP contribution is 2.15. The fourth-order valence-electron chi connectivity index (χ4n) is 2.23. The number of aromatic nitrogens is 2. The molecule has 7 heteroatoms. The second kappa shape index (κ2) is 6.51. The summed E-state index contributed by atoms with van der Waals surface area (Å²) in [7, 11) is 0. The van der Waals surface area contributed by atoms with E-state index in [0.717, 1.165) is 30.8 Å². The van der Waals surface area contributed by atoms with E-state index < -0.39 is 0 Å². The van der Waals surface area contributed by atoms with Crippen LogP contribution in [0.5, 0.6) is 0 Å². The minimum Gasteiger partial charge on any atom is -0.376 e. The number of carbonyl (C=O) groups is 1. The van der Waals surface area contributed by atoms with E-state index in [9.17, 15) is 4.79 Å². The molecular formula is C13H21N5O2. The number of urea groups is 1. The van der Waals surface area contributed by atoms with Crippen molar-refractivity contribution in [3.8, 4) is 0 Å². The summed E-state index contributed by atoms with van der Waals surface area (Å²) in [5.41, 5.74) is 6.91. The first kappa shape index (κ1) is 14.5. The Morgan fingerprint density at radius 3 is 2.70 bits per heavy atom. The second-order valence-corrected chi connectivity index (χ2v) is 5.04. The molecule has 0 bridgehead atoms. The van der Waals surface area contributed by atoms with Gasteiger partial charge in [0.15, 0.2) is 0 Å². The van der Waals surface area contributed by atoms with E-state index in [1.165, 1.54) is 0 Å². The topological polar surface area (TPSA) is 88.2 Å². The number of nitrogens with one attached hydrogen (secondary N) is 3. The van der Waals surface area contributed by atoms with Gasteiger partial charge >= 0.3 is 6.03 Å². The lowest BCUT2D eigenvalue weighted by atomic mass is 10.1. The summed E-state index contributed by atoms with van der Waals surface area (Å²) in [6.45, 7) is 6.45. The molecule has 1 aliphatic heterocycles. The molecule has 20 heavy (non-hydrogen) atoms. The van der Waals surface area contributed by atoms with E-state index in [1.54, 1.807) is 0 Å². The number of hydrogen-bond acceptors (Lipinski definition) is 5. The van der Waals surface area contributed by atoms with Gasteiger partial charge in [-0.3, -0.25) is 5.43 Å². The lowest BCUT2D eigenvalue weighted by Crippen LogP contribution is -2.47. The summed E-state index contributed by atoms with van der Waals surface area (Å²) in [5.74, 6) is 0.377. The summed E-state index contributed by atoms with van der Waals surface area (Å²) >= 11 is 0. The van der Waals surface area contributed by atoms with Gasteiger partial charge in [-0.15, -0.1) is 0 Å². The van der Waals surface area contributed by atoms with Crippen LogP contribution < -0.4 is 16.2 Å². The van der Waals surface area contributed by atoms with Crippen LogP contribution in [0.15, 0.2) is 6.07 Å². The summed E-state index contributed by atoms with van der Waals surface area (Å²) in [5, 5.41) is 2.83. The van der Waals surface area contributed by atoms with Gasteiger partial charge in [0, 0.05) is 18.0 Å². The van der Waals surface area contributed by atoms with Crippen molar-refractivity contribution < 1.29 is 9.53 Å². The SMILES string of the molecule is Cc1cc(C)nc(NNC(=O)N[C@H](C)[C@@H]2CCCO2)n1. The molecule has 0 spiro atoms. The number of hydrogen-bond donors (Lipinski definition) is 3. The molecule has 2 atom stereocenters. The lowest BCUT2D eigenvalue weighted by Gasteiger charge is -2.20. The van der Waals surface area contributed by atoms with Gasteiger partial charge < -0.3 is 10.1 Å². The number of ether oxygens (including phenoxy) is 1. The van der Waals surface area contributed by atoms with Crippen molar-refractivity contribution >= 4 is 12.0 Å². The number of anilines is 1. The Kier molecular flexibility index (Phi) is 4.73. The molecule has 0 aliphatic carbocycles. The largest absolute Gasteiger partial charge is 0.376 e. The summed E-state index contributed by atoms with van der Waals surface area (Å²) < 4.78 is 5.52. The smallest absolute Gasteiger partial charge is 0.333 e. The fraction of sp³-hybridized carbons (Fsp3) is 0.615. The average Bonchev–Trinajstić information content (AvgIpc) is 2.89. The number of nitrogens with zero attached hydrogens (tertiary/aromatic N) is 2. The van der Waals surface area contributed by atoms with Gasteiger partial charge in [-0.25, -0.2) is 20.2 Å². The third kappa shape index (κ3) is 4.06. The van der Waals surface area contributed by atoms with Crippen molar-refractivity contribution in [1.29, 1.82) is 0 Å². The van der Waals surface area contributed by atoms with Gasteiger partial charge in [-0.05, 0) is 39.7 Å². The molecule has 3 N–H and O–H groups in total. The highest BCUT2D eigenvalue weighted by molar-refractivity contribution is 5.75. The zero-order valence-corrected chi connectivity index (χ0v) is 12.1. The molecule has 2 heterocycles. The van der Waals surface area contributed by atoms with E-state index >= 15 is 0 Å². The minimum atomic E-state index is -0.323. The molecule has 0 radical (unpaired) electrons. The minimum absolute atomic E-state index is 0.0283. The van der Waals surface area contributed by atoms with Crippen LogP contribution in [0.25, 0.3) is 0 Å². The molecule has 0 unspecified atom stereocenters. The fourth-order valence-corrected chi connectivity index (χ4v) is 2.23. The summed E-state index contributed by atoms with van der Waals surface area (Å²) in [6, 6.07) is 1.51. The number of amides is 2. The number of aryl methyl sites for hydroxylation is 2. The quantitative estimate of drug-likeness (QED) is 0.723. The van der Waals surface area contributed by atoms with E-state index in [-0.39, 0.29) is 18.2 Å². The first-order chi connectivity index (χ1) is 9.54. The molecule has 1 saturated heterocycles. The summed E-state index contributed by atoms with van der Waals surface area (Å²) in [6.07, 6.45) is 2.13. The molecule has 110 valence electrons. The molecular weight excluding hydrogens is 258 g/mol. The standard InChI is InChI=1S/C13H21N5O2/c1-8-7-9(2)15-12(14-8)17-18-13(19)16-10(3)11-5-4-6-20-11/h7,10-11H,4-6H2,1-3H3,(H,14,15,17)(H2,16,18,19)/t10-,11+/m1/s1. The Balaban J connectivity index is 1.79. The van der Waals surface area contributed by atoms with Crippen LogP contribution in [0.2, 0.25) is 0 Å². The van der Waals surface area contributed by atoms with Gasteiger partial charge in [-0.2, -0.15) is 0 Å². The van der Waals surface area contributed by atoms with Gasteiger partial charge in [0.25, 0.3) is 0 Å². The van der Waals surface area contributed by atoms with Crippen LogP contribution in [0, 0.1) is 13.8 Å². The third-order valence-corrected chi connectivity index (χ3v) is 3.15. The first-order valence-electron chi connectivity index (χ1n) is 6.81. The zero-order valence-electron chi connectivity index (χ0n) is 12.1. The lowest BCUT2D eigenvalue weighted by molar-refractivity contribution is 0.0861. The van der Waals surface area contributed by atoms with Crippen molar-refractivity contribution in [2.24, 2.45) is 0 Å². The van der Waals surface area contributed by atoms with Gasteiger partial charge in [0.05, 0.1) is 12.1 Å².